The average molecular weight is 297 g/mol. The molecule has 0 N–H and O–H groups in total. The van der Waals surface area contributed by atoms with Crippen molar-refractivity contribution in [2.24, 2.45) is 0 Å². The second kappa shape index (κ2) is 6.21. The van der Waals surface area contributed by atoms with Crippen molar-refractivity contribution in [3.05, 3.63) is 38.9 Å². The lowest BCUT2D eigenvalue weighted by Gasteiger charge is -2.21. The first-order valence-corrected chi connectivity index (χ1v) is 5.82. The largest absolute Gasteiger partial charge is 0.401 e. The van der Waals surface area contributed by atoms with Crippen molar-refractivity contribution in [3.8, 4) is 0 Å². The van der Waals surface area contributed by atoms with Gasteiger partial charge in [0.15, 0.2) is 0 Å². The summed E-state index contributed by atoms with van der Waals surface area (Å²) in [6.07, 6.45) is -4.30. The number of halogens is 4. The molecule has 19 heavy (non-hydrogen) atoms. The van der Waals surface area contributed by atoms with Crippen LogP contribution in [0.15, 0.2) is 18.2 Å². The van der Waals surface area contributed by atoms with Crippen LogP contribution in [0.1, 0.15) is 12.5 Å². The van der Waals surface area contributed by atoms with E-state index in [9.17, 15) is 23.3 Å². The van der Waals surface area contributed by atoms with Gasteiger partial charge in [-0.3, -0.25) is 15.0 Å². The van der Waals surface area contributed by atoms with E-state index in [1.54, 1.807) is 6.92 Å². The summed E-state index contributed by atoms with van der Waals surface area (Å²) in [6, 6.07) is 3.99. The van der Waals surface area contributed by atoms with Gasteiger partial charge in [-0.1, -0.05) is 24.6 Å². The number of nitro groups is 1. The molecule has 0 aliphatic carbocycles. The summed E-state index contributed by atoms with van der Waals surface area (Å²) >= 11 is 5.63. The van der Waals surface area contributed by atoms with Gasteiger partial charge in [0.2, 0.25) is 0 Å². The molecule has 0 saturated heterocycles. The summed E-state index contributed by atoms with van der Waals surface area (Å²) in [7, 11) is 0. The third-order valence-electron chi connectivity index (χ3n) is 2.46. The van der Waals surface area contributed by atoms with Gasteiger partial charge in [0.05, 0.1) is 11.5 Å². The number of benzene rings is 1. The van der Waals surface area contributed by atoms with Crippen LogP contribution in [0, 0.1) is 10.1 Å². The molecule has 0 heterocycles. The lowest BCUT2D eigenvalue weighted by molar-refractivity contribution is -0.384. The predicted octanol–water partition coefficient (Wildman–Crippen LogP) is 3.63. The van der Waals surface area contributed by atoms with E-state index in [1.165, 1.54) is 18.2 Å². The SMILES string of the molecule is CCN(Cc1ccc(Cl)c([N+](=O)[O-])c1)CC(F)(F)F. The van der Waals surface area contributed by atoms with Crippen molar-refractivity contribution in [2.75, 3.05) is 13.1 Å². The number of hydrogen-bond acceptors (Lipinski definition) is 3. The summed E-state index contributed by atoms with van der Waals surface area (Å²) in [4.78, 5) is 11.2. The Labute approximate surface area is 112 Å². The van der Waals surface area contributed by atoms with Crippen LogP contribution in [-0.2, 0) is 6.54 Å². The zero-order valence-corrected chi connectivity index (χ0v) is 10.8. The van der Waals surface area contributed by atoms with Crippen LogP contribution < -0.4 is 0 Å². The molecule has 0 aromatic heterocycles. The predicted molar refractivity (Wildman–Crippen MR) is 65.1 cm³/mol. The summed E-state index contributed by atoms with van der Waals surface area (Å²) in [6.45, 7) is 0.708. The fourth-order valence-electron chi connectivity index (χ4n) is 1.59. The highest BCUT2D eigenvalue weighted by Gasteiger charge is 2.30. The highest BCUT2D eigenvalue weighted by Crippen LogP contribution is 2.26. The molecular formula is C11H12ClF3N2O2. The monoisotopic (exact) mass is 296 g/mol. The van der Waals surface area contributed by atoms with Crippen LogP contribution in [0.3, 0.4) is 0 Å². The summed E-state index contributed by atoms with van der Waals surface area (Å²) < 4.78 is 36.9. The van der Waals surface area contributed by atoms with Gasteiger partial charge < -0.3 is 0 Å². The lowest BCUT2D eigenvalue weighted by atomic mass is 10.2. The van der Waals surface area contributed by atoms with Crippen molar-refractivity contribution in [2.45, 2.75) is 19.6 Å². The van der Waals surface area contributed by atoms with Gasteiger partial charge in [-0.15, -0.1) is 0 Å². The van der Waals surface area contributed by atoms with Gasteiger partial charge in [-0.2, -0.15) is 13.2 Å². The van der Waals surface area contributed by atoms with Crippen LogP contribution in [0.4, 0.5) is 18.9 Å². The van der Waals surface area contributed by atoms with Crippen molar-refractivity contribution in [3.63, 3.8) is 0 Å². The smallest absolute Gasteiger partial charge is 0.291 e. The molecule has 1 aromatic rings. The molecule has 1 rings (SSSR count). The van der Waals surface area contributed by atoms with Gasteiger partial charge in [-0.25, -0.2) is 0 Å². The molecule has 0 amide bonds. The van der Waals surface area contributed by atoms with Gasteiger partial charge in [0.25, 0.3) is 5.69 Å². The zero-order chi connectivity index (χ0) is 14.6. The van der Waals surface area contributed by atoms with Crippen molar-refractivity contribution in [1.29, 1.82) is 0 Å². The highest BCUT2D eigenvalue weighted by atomic mass is 35.5. The second-order valence-electron chi connectivity index (χ2n) is 3.96. The highest BCUT2D eigenvalue weighted by molar-refractivity contribution is 6.32. The molecule has 8 heteroatoms. The van der Waals surface area contributed by atoms with Crippen molar-refractivity contribution < 1.29 is 18.1 Å². The van der Waals surface area contributed by atoms with E-state index < -0.39 is 17.6 Å². The first-order chi connectivity index (χ1) is 8.73. The van der Waals surface area contributed by atoms with Crippen LogP contribution >= 0.6 is 11.6 Å². The molecule has 0 saturated carbocycles. The molecule has 0 spiro atoms. The fraction of sp³-hybridized carbons (Fsp3) is 0.455. The minimum absolute atomic E-state index is 0.0198. The molecular weight excluding hydrogens is 285 g/mol. The molecule has 0 bridgehead atoms. The second-order valence-corrected chi connectivity index (χ2v) is 4.37. The molecule has 0 atom stereocenters. The van der Waals surface area contributed by atoms with Crippen LogP contribution in [0.25, 0.3) is 0 Å². The molecule has 106 valence electrons. The minimum Gasteiger partial charge on any atom is -0.291 e. The van der Waals surface area contributed by atoms with Gasteiger partial charge in [0.1, 0.15) is 5.02 Å². The maximum Gasteiger partial charge on any atom is 0.401 e. The first kappa shape index (κ1) is 15.7. The van der Waals surface area contributed by atoms with Crippen molar-refractivity contribution >= 4 is 17.3 Å². The Morgan fingerprint density at radius 1 is 1.42 bits per heavy atom. The number of alkyl halides is 3. The summed E-state index contributed by atoms with van der Waals surface area (Å²) in [5.41, 5.74) is 0.115. The third-order valence-corrected chi connectivity index (χ3v) is 2.78. The standard InChI is InChI=1S/C11H12ClF3N2O2/c1-2-16(7-11(13,14)15)6-8-3-4-9(12)10(5-8)17(18)19/h3-5H,2,6-7H2,1H3. The van der Waals surface area contributed by atoms with E-state index >= 15 is 0 Å². The Morgan fingerprint density at radius 3 is 2.53 bits per heavy atom. The number of nitrogens with zero attached hydrogens (tertiary/aromatic N) is 2. The number of nitro benzene ring substituents is 1. The van der Waals surface area contributed by atoms with Crippen LogP contribution in [0.5, 0.6) is 0 Å². The van der Waals surface area contributed by atoms with Gasteiger partial charge in [0, 0.05) is 12.6 Å². The van der Waals surface area contributed by atoms with Crippen molar-refractivity contribution in [1.82, 2.24) is 4.90 Å². The Bertz CT molecular complexity index is 466. The number of rotatable bonds is 5. The zero-order valence-electron chi connectivity index (χ0n) is 10.1. The Kier molecular flexibility index (Phi) is 5.13. The lowest BCUT2D eigenvalue weighted by Crippen LogP contribution is -2.33. The molecule has 1 aromatic carbocycles. The van der Waals surface area contributed by atoms with Crippen LogP contribution in [0.2, 0.25) is 5.02 Å². The molecule has 0 fully saturated rings. The Balaban J connectivity index is 2.86. The summed E-state index contributed by atoms with van der Waals surface area (Å²) in [5.74, 6) is 0. The van der Waals surface area contributed by atoms with E-state index in [-0.39, 0.29) is 23.8 Å². The molecule has 4 nitrogen and oxygen atoms in total. The topological polar surface area (TPSA) is 46.4 Å². The quantitative estimate of drug-likeness (QED) is 0.615. The van der Waals surface area contributed by atoms with E-state index in [1.807, 2.05) is 0 Å². The van der Waals surface area contributed by atoms with Crippen LogP contribution in [-0.4, -0.2) is 29.1 Å². The Hall–Kier alpha value is -1.34. The van der Waals surface area contributed by atoms with Gasteiger partial charge >= 0.3 is 6.18 Å². The number of hydrogen-bond donors (Lipinski definition) is 0. The van der Waals surface area contributed by atoms with E-state index in [2.05, 4.69) is 0 Å². The molecule has 0 radical (unpaired) electrons. The molecule has 0 unspecified atom stereocenters. The van der Waals surface area contributed by atoms with Gasteiger partial charge in [-0.05, 0) is 18.2 Å². The van der Waals surface area contributed by atoms with E-state index in [0.717, 1.165) is 4.90 Å². The molecule has 0 aliphatic heterocycles. The van der Waals surface area contributed by atoms with E-state index in [4.69, 9.17) is 11.6 Å². The fourth-order valence-corrected chi connectivity index (χ4v) is 1.77. The Morgan fingerprint density at radius 2 is 2.05 bits per heavy atom. The third kappa shape index (κ3) is 5.04. The normalized spacial score (nSPS) is 11.9. The maximum atomic E-state index is 12.3. The summed E-state index contributed by atoms with van der Waals surface area (Å²) in [5, 5.41) is 10.7. The maximum absolute atomic E-state index is 12.3. The molecule has 0 aliphatic rings. The minimum atomic E-state index is -4.30. The first-order valence-electron chi connectivity index (χ1n) is 5.45. The van der Waals surface area contributed by atoms with E-state index in [0.29, 0.717) is 5.56 Å². The average Bonchev–Trinajstić information content (AvgIpc) is 2.28.